The number of likely N-dealkylation sites (tertiary alicyclic amines) is 1. The lowest BCUT2D eigenvalue weighted by atomic mass is 9.99. The van der Waals surface area contributed by atoms with Crippen molar-refractivity contribution in [3.8, 4) is 0 Å². The number of alkyl halides is 3. The quantitative estimate of drug-likeness (QED) is 0.698. The Morgan fingerprint density at radius 2 is 1.87 bits per heavy atom. The molecule has 3 amide bonds. The number of nitrogens with one attached hydrogen (secondary N) is 1. The van der Waals surface area contributed by atoms with Gasteiger partial charge in [0.15, 0.2) is 0 Å². The number of halogens is 4. The Morgan fingerprint density at radius 1 is 1.19 bits per heavy atom. The van der Waals surface area contributed by atoms with Gasteiger partial charge in [-0.1, -0.05) is 25.4 Å². The van der Waals surface area contributed by atoms with E-state index in [2.05, 4.69) is 15.3 Å². The van der Waals surface area contributed by atoms with Gasteiger partial charge >= 0.3 is 18.1 Å². The van der Waals surface area contributed by atoms with Crippen molar-refractivity contribution in [3.63, 3.8) is 0 Å². The van der Waals surface area contributed by atoms with Crippen LogP contribution in [0.25, 0.3) is 0 Å². The summed E-state index contributed by atoms with van der Waals surface area (Å²) in [4.78, 5) is 37.3. The third-order valence-corrected chi connectivity index (χ3v) is 5.90. The third kappa shape index (κ3) is 5.69. The van der Waals surface area contributed by atoms with Crippen molar-refractivity contribution in [2.24, 2.45) is 5.92 Å². The van der Waals surface area contributed by atoms with Gasteiger partial charge in [-0.05, 0) is 24.8 Å². The Morgan fingerprint density at radius 3 is 2.45 bits per heavy atom. The Bertz CT molecular complexity index is 801. The van der Waals surface area contributed by atoms with Gasteiger partial charge in [0.25, 0.3) is 0 Å². The van der Waals surface area contributed by atoms with E-state index in [1.54, 1.807) is 17.2 Å². The second-order valence-corrected chi connectivity index (χ2v) is 8.53. The summed E-state index contributed by atoms with van der Waals surface area (Å²) in [6, 6.07) is 0.989. The molecule has 3 rings (SSSR count). The van der Waals surface area contributed by atoms with E-state index in [4.69, 9.17) is 11.6 Å². The maximum absolute atomic E-state index is 12.9. The van der Waals surface area contributed by atoms with Crippen LogP contribution in [0, 0.1) is 5.92 Å². The van der Waals surface area contributed by atoms with Crippen molar-refractivity contribution in [1.29, 1.82) is 0 Å². The van der Waals surface area contributed by atoms with Gasteiger partial charge in [0.05, 0.1) is 6.04 Å². The first-order valence-electron chi connectivity index (χ1n) is 10.2. The molecule has 2 fully saturated rings. The summed E-state index contributed by atoms with van der Waals surface area (Å²) in [5.41, 5.74) is 0. The summed E-state index contributed by atoms with van der Waals surface area (Å²) < 4.78 is 37.8. The molecule has 8 nitrogen and oxygen atoms in total. The van der Waals surface area contributed by atoms with Crippen LogP contribution >= 0.6 is 11.6 Å². The van der Waals surface area contributed by atoms with Crippen molar-refractivity contribution in [2.45, 2.75) is 44.9 Å². The summed E-state index contributed by atoms with van der Waals surface area (Å²) in [5.74, 6) is -1.14. The van der Waals surface area contributed by atoms with E-state index in [0.717, 1.165) is 4.90 Å². The second-order valence-electron chi connectivity index (χ2n) is 8.14. The average molecular weight is 463 g/mol. The summed E-state index contributed by atoms with van der Waals surface area (Å²) in [7, 11) is 0. The number of hydrogen-bond acceptors (Lipinski definition) is 5. The first-order chi connectivity index (χ1) is 14.6. The molecule has 0 radical (unpaired) electrons. The molecule has 0 bridgehead atoms. The molecular formula is C19H26ClF3N6O2. The van der Waals surface area contributed by atoms with Gasteiger partial charge in [-0.15, -0.1) is 0 Å². The zero-order valence-corrected chi connectivity index (χ0v) is 18.2. The number of piperidine rings is 1. The van der Waals surface area contributed by atoms with Gasteiger partial charge in [-0.25, -0.2) is 14.8 Å². The van der Waals surface area contributed by atoms with Crippen LogP contribution in [0.15, 0.2) is 12.3 Å². The highest BCUT2D eigenvalue weighted by Crippen LogP contribution is 2.24. The maximum atomic E-state index is 12.9. The Labute approximate surface area is 183 Å². The largest absolute Gasteiger partial charge is 0.471 e. The van der Waals surface area contributed by atoms with Crippen LogP contribution < -0.4 is 10.2 Å². The number of hydrogen-bond donors (Lipinski definition) is 1. The summed E-state index contributed by atoms with van der Waals surface area (Å²) in [5, 5.41) is 3.28. The van der Waals surface area contributed by atoms with Gasteiger partial charge < -0.3 is 20.0 Å². The number of rotatable bonds is 3. The Kier molecular flexibility index (Phi) is 7.13. The average Bonchev–Trinajstić information content (AvgIpc) is 2.72. The molecule has 1 aromatic rings. The number of aromatic nitrogens is 2. The fraction of sp³-hybridized carbons (Fsp3) is 0.684. The van der Waals surface area contributed by atoms with Crippen molar-refractivity contribution >= 4 is 29.5 Å². The fourth-order valence-electron chi connectivity index (χ4n) is 3.96. The minimum absolute atomic E-state index is 0.0310. The number of piperazine rings is 1. The van der Waals surface area contributed by atoms with Crippen LogP contribution in [-0.4, -0.2) is 82.7 Å². The second kappa shape index (κ2) is 9.46. The molecule has 0 aliphatic carbocycles. The predicted molar refractivity (Wildman–Crippen MR) is 109 cm³/mol. The van der Waals surface area contributed by atoms with E-state index < -0.39 is 12.1 Å². The van der Waals surface area contributed by atoms with Crippen molar-refractivity contribution in [3.05, 3.63) is 17.4 Å². The van der Waals surface area contributed by atoms with Crippen LogP contribution in [0.4, 0.5) is 23.9 Å². The maximum Gasteiger partial charge on any atom is 0.471 e. The molecular weight excluding hydrogens is 437 g/mol. The smallest absolute Gasteiger partial charge is 0.337 e. The van der Waals surface area contributed by atoms with E-state index in [0.29, 0.717) is 30.7 Å². The first-order valence-corrected chi connectivity index (χ1v) is 10.6. The van der Waals surface area contributed by atoms with Crippen LogP contribution in [0.2, 0.25) is 5.15 Å². The van der Waals surface area contributed by atoms with Crippen LogP contribution in [0.3, 0.4) is 0 Å². The molecule has 0 spiro atoms. The lowest BCUT2D eigenvalue weighted by Crippen LogP contribution is -2.61. The summed E-state index contributed by atoms with van der Waals surface area (Å²) in [6.07, 6.45) is -2.70. The molecule has 172 valence electrons. The molecule has 1 aromatic heterocycles. The van der Waals surface area contributed by atoms with Crippen LogP contribution in [0.1, 0.15) is 26.7 Å². The van der Waals surface area contributed by atoms with Gasteiger partial charge in [-0.2, -0.15) is 13.2 Å². The molecule has 3 heterocycles. The molecule has 31 heavy (non-hydrogen) atoms. The molecule has 12 heteroatoms. The SMILES string of the molecule is CC(C)C1CN(c2nccc(Cl)n2)CCN1C(=O)NC1CCN(C(=O)C(F)(F)F)CC1. The number of nitrogens with zero attached hydrogens (tertiary/aromatic N) is 5. The Balaban J connectivity index is 1.57. The normalized spacial score (nSPS) is 20.9. The monoisotopic (exact) mass is 462 g/mol. The van der Waals surface area contributed by atoms with Crippen molar-refractivity contribution < 1.29 is 22.8 Å². The highest BCUT2D eigenvalue weighted by molar-refractivity contribution is 6.29. The molecule has 2 aliphatic heterocycles. The molecule has 0 aromatic carbocycles. The highest BCUT2D eigenvalue weighted by atomic mass is 35.5. The number of carbonyl (C=O) groups excluding carboxylic acids is 2. The molecule has 1 atom stereocenters. The zero-order valence-electron chi connectivity index (χ0n) is 17.4. The summed E-state index contributed by atoms with van der Waals surface area (Å²) in [6.45, 7) is 5.52. The first kappa shape index (κ1) is 23.4. The standard InChI is InChI=1S/C19H26ClF3N6O2/c1-12(2)14-11-28(17-24-6-3-15(20)26-17)9-10-29(14)18(31)25-13-4-7-27(8-5-13)16(30)19(21,22)23/h3,6,12-14H,4-5,7-11H2,1-2H3,(H,25,31). The van der Waals surface area contributed by atoms with E-state index >= 15 is 0 Å². The third-order valence-electron chi connectivity index (χ3n) is 5.69. The molecule has 1 N–H and O–H groups in total. The molecule has 2 saturated heterocycles. The Hall–Kier alpha value is -2.30. The van der Waals surface area contributed by atoms with E-state index in [1.807, 2.05) is 18.7 Å². The van der Waals surface area contributed by atoms with Crippen molar-refractivity contribution in [2.75, 3.05) is 37.6 Å². The van der Waals surface area contributed by atoms with Gasteiger partial charge in [0.2, 0.25) is 5.95 Å². The highest BCUT2D eigenvalue weighted by Gasteiger charge is 2.43. The number of carbonyl (C=O) groups is 2. The molecule has 2 aliphatic rings. The van der Waals surface area contributed by atoms with Gasteiger partial charge in [0.1, 0.15) is 5.15 Å². The lowest BCUT2D eigenvalue weighted by Gasteiger charge is -2.44. The predicted octanol–water partition coefficient (Wildman–Crippen LogP) is 2.54. The number of amides is 3. The fourth-order valence-corrected chi connectivity index (χ4v) is 4.09. The number of anilines is 1. The summed E-state index contributed by atoms with van der Waals surface area (Å²) >= 11 is 5.97. The number of urea groups is 1. The van der Waals surface area contributed by atoms with E-state index in [1.165, 1.54) is 0 Å². The lowest BCUT2D eigenvalue weighted by molar-refractivity contribution is -0.186. The van der Waals surface area contributed by atoms with Crippen molar-refractivity contribution in [1.82, 2.24) is 25.1 Å². The van der Waals surface area contributed by atoms with Gasteiger partial charge in [-0.3, -0.25) is 4.79 Å². The minimum Gasteiger partial charge on any atom is -0.337 e. The molecule has 1 unspecified atom stereocenters. The topological polar surface area (TPSA) is 81.7 Å². The zero-order chi connectivity index (χ0) is 22.8. The molecule has 0 saturated carbocycles. The van der Waals surface area contributed by atoms with E-state index in [-0.39, 0.29) is 50.0 Å². The minimum atomic E-state index is -4.87. The van der Waals surface area contributed by atoms with E-state index in [9.17, 15) is 22.8 Å². The van der Waals surface area contributed by atoms with Gasteiger partial charge in [0, 0.05) is 45.0 Å². The van der Waals surface area contributed by atoms with Crippen LogP contribution in [-0.2, 0) is 4.79 Å². The van der Waals surface area contributed by atoms with Crippen LogP contribution in [0.5, 0.6) is 0 Å².